The standard InChI is InChI=1S/C16H16ClN3O3/c1-11-10-14(23-18-11)16(22)20-8-6-19(7-9-20)15(21)12-2-4-13(17)5-3-12/h2-5,10H,6-9H2,1H3. The fourth-order valence-corrected chi connectivity index (χ4v) is 2.63. The Balaban J connectivity index is 1.61. The Morgan fingerprint density at radius 1 is 1.04 bits per heavy atom. The average molecular weight is 334 g/mol. The molecule has 1 aromatic carbocycles. The number of hydrogen-bond acceptors (Lipinski definition) is 4. The summed E-state index contributed by atoms with van der Waals surface area (Å²) in [5.41, 5.74) is 1.27. The summed E-state index contributed by atoms with van der Waals surface area (Å²) in [6, 6.07) is 8.42. The fourth-order valence-electron chi connectivity index (χ4n) is 2.51. The zero-order valence-electron chi connectivity index (χ0n) is 12.7. The predicted octanol–water partition coefficient (Wildman–Crippen LogP) is 2.23. The summed E-state index contributed by atoms with van der Waals surface area (Å²) in [7, 11) is 0. The first-order chi connectivity index (χ1) is 11.0. The average Bonchev–Trinajstić information content (AvgIpc) is 3.01. The summed E-state index contributed by atoms with van der Waals surface area (Å²) < 4.78 is 5.00. The van der Waals surface area contributed by atoms with Crippen molar-refractivity contribution in [1.82, 2.24) is 15.0 Å². The molecule has 0 N–H and O–H groups in total. The fraction of sp³-hybridized carbons (Fsp3) is 0.312. The molecular formula is C16H16ClN3O3. The highest BCUT2D eigenvalue weighted by atomic mass is 35.5. The predicted molar refractivity (Wildman–Crippen MR) is 84.5 cm³/mol. The molecule has 0 spiro atoms. The first-order valence-electron chi connectivity index (χ1n) is 7.32. The summed E-state index contributed by atoms with van der Waals surface area (Å²) in [5.74, 6) is -0.00607. The lowest BCUT2D eigenvalue weighted by Gasteiger charge is -2.34. The molecule has 0 saturated carbocycles. The SMILES string of the molecule is Cc1cc(C(=O)N2CCN(C(=O)c3ccc(Cl)cc3)CC2)on1. The van der Waals surface area contributed by atoms with Crippen molar-refractivity contribution in [2.75, 3.05) is 26.2 Å². The first-order valence-corrected chi connectivity index (χ1v) is 7.70. The van der Waals surface area contributed by atoms with E-state index in [9.17, 15) is 9.59 Å². The van der Waals surface area contributed by atoms with Crippen molar-refractivity contribution in [3.8, 4) is 0 Å². The Hall–Kier alpha value is -2.34. The van der Waals surface area contributed by atoms with Crippen LogP contribution in [0.2, 0.25) is 5.02 Å². The monoisotopic (exact) mass is 333 g/mol. The Labute approximate surface area is 138 Å². The Morgan fingerprint density at radius 3 is 2.13 bits per heavy atom. The van der Waals surface area contributed by atoms with E-state index in [-0.39, 0.29) is 17.6 Å². The van der Waals surface area contributed by atoms with Crippen LogP contribution >= 0.6 is 11.6 Å². The Kier molecular flexibility index (Phi) is 4.34. The maximum absolute atomic E-state index is 12.4. The minimum Gasteiger partial charge on any atom is -0.351 e. The quantitative estimate of drug-likeness (QED) is 0.845. The topological polar surface area (TPSA) is 66.7 Å². The van der Waals surface area contributed by atoms with Crippen molar-refractivity contribution >= 4 is 23.4 Å². The molecule has 1 aliphatic rings. The van der Waals surface area contributed by atoms with Crippen molar-refractivity contribution in [2.45, 2.75) is 6.92 Å². The van der Waals surface area contributed by atoms with E-state index in [1.54, 1.807) is 47.1 Å². The normalized spacial score (nSPS) is 14.9. The van der Waals surface area contributed by atoms with Gasteiger partial charge in [-0.25, -0.2) is 0 Å². The van der Waals surface area contributed by atoms with Crippen LogP contribution in [0.5, 0.6) is 0 Å². The van der Waals surface area contributed by atoms with Gasteiger partial charge in [0, 0.05) is 42.8 Å². The van der Waals surface area contributed by atoms with Crippen molar-refractivity contribution < 1.29 is 14.1 Å². The molecule has 3 rings (SSSR count). The van der Waals surface area contributed by atoms with E-state index >= 15 is 0 Å². The number of halogens is 1. The molecule has 7 heteroatoms. The molecule has 1 aromatic heterocycles. The van der Waals surface area contributed by atoms with Gasteiger partial charge in [-0.05, 0) is 31.2 Å². The number of nitrogens with zero attached hydrogens (tertiary/aromatic N) is 3. The minimum absolute atomic E-state index is 0.0516. The lowest BCUT2D eigenvalue weighted by Crippen LogP contribution is -2.50. The number of rotatable bonds is 2. The lowest BCUT2D eigenvalue weighted by molar-refractivity contribution is 0.0512. The molecule has 0 aliphatic carbocycles. The number of carbonyl (C=O) groups excluding carboxylic acids is 2. The highest BCUT2D eigenvalue weighted by Crippen LogP contribution is 2.14. The smallest absolute Gasteiger partial charge is 0.292 e. The van der Waals surface area contributed by atoms with Gasteiger partial charge in [-0.3, -0.25) is 9.59 Å². The number of piperazine rings is 1. The van der Waals surface area contributed by atoms with Crippen LogP contribution in [0.1, 0.15) is 26.6 Å². The molecule has 0 bridgehead atoms. The Morgan fingerprint density at radius 2 is 1.61 bits per heavy atom. The molecule has 23 heavy (non-hydrogen) atoms. The van der Waals surface area contributed by atoms with Gasteiger partial charge in [0.1, 0.15) is 0 Å². The van der Waals surface area contributed by atoms with Crippen molar-refractivity contribution in [3.05, 3.63) is 52.4 Å². The molecule has 2 heterocycles. The van der Waals surface area contributed by atoms with Gasteiger partial charge in [-0.15, -0.1) is 0 Å². The van der Waals surface area contributed by atoms with E-state index < -0.39 is 0 Å². The molecule has 2 aromatic rings. The number of aryl methyl sites for hydroxylation is 1. The van der Waals surface area contributed by atoms with E-state index in [0.29, 0.717) is 42.5 Å². The van der Waals surface area contributed by atoms with Gasteiger partial charge >= 0.3 is 0 Å². The second-order valence-corrected chi connectivity index (χ2v) is 5.86. The molecule has 0 radical (unpaired) electrons. The van der Waals surface area contributed by atoms with E-state index in [1.165, 1.54) is 0 Å². The number of benzene rings is 1. The second kappa shape index (κ2) is 6.42. The van der Waals surface area contributed by atoms with Gasteiger partial charge < -0.3 is 14.3 Å². The van der Waals surface area contributed by atoms with Gasteiger partial charge in [0.2, 0.25) is 5.76 Å². The third-order valence-corrected chi connectivity index (χ3v) is 4.04. The largest absolute Gasteiger partial charge is 0.351 e. The highest BCUT2D eigenvalue weighted by Gasteiger charge is 2.27. The van der Waals surface area contributed by atoms with E-state index in [0.717, 1.165) is 0 Å². The van der Waals surface area contributed by atoms with Gasteiger partial charge in [-0.2, -0.15) is 0 Å². The molecule has 0 unspecified atom stereocenters. The summed E-state index contributed by atoms with van der Waals surface area (Å²) in [5, 5.41) is 4.32. The van der Waals surface area contributed by atoms with Crippen LogP contribution in [-0.4, -0.2) is 52.9 Å². The molecule has 1 fully saturated rings. The molecule has 0 atom stereocenters. The summed E-state index contributed by atoms with van der Waals surface area (Å²) >= 11 is 5.83. The van der Waals surface area contributed by atoms with Gasteiger partial charge in [0.25, 0.3) is 11.8 Å². The zero-order chi connectivity index (χ0) is 16.4. The van der Waals surface area contributed by atoms with E-state index in [1.807, 2.05) is 0 Å². The van der Waals surface area contributed by atoms with Gasteiger partial charge in [0.15, 0.2) is 0 Å². The number of amides is 2. The lowest BCUT2D eigenvalue weighted by atomic mass is 10.2. The zero-order valence-corrected chi connectivity index (χ0v) is 13.4. The van der Waals surface area contributed by atoms with Crippen molar-refractivity contribution in [2.24, 2.45) is 0 Å². The van der Waals surface area contributed by atoms with Gasteiger partial charge in [-0.1, -0.05) is 16.8 Å². The van der Waals surface area contributed by atoms with E-state index in [4.69, 9.17) is 16.1 Å². The van der Waals surface area contributed by atoms with Crippen LogP contribution in [0, 0.1) is 6.92 Å². The van der Waals surface area contributed by atoms with Crippen molar-refractivity contribution in [1.29, 1.82) is 0 Å². The molecule has 2 amide bonds. The van der Waals surface area contributed by atoms with Crippen LogP contribution in [0.15, 0.2) is 34.9 Å². The van der Waals surface area contributed by atoms with Crippen LogP contribution < -0.4 is 0 Å². The third kappa shape index (κ3) is 3.37. The van der Waals surface area contributed by atoms with Crippen LogP contribution in [0.3, 0.4) is 0 Å². The van der Waals surface area contributed by atoms with E-state index in [2.05, 4.69) is 5.16 Å². The van der Waals surface area contributed by atoms with Crippen molar-refractivity contribution in [3.63, 3.8) is 0 Å². The molecule has 1 aliphatic heterocycles. The summed E-state index contributed by atoms with van der Waals surface area (Å²) in [4.78, 5) is 28.1. The second-order valence-electron chi connectivity index (χ2n) is 5.42. The number of carbonyl (C=O) groups is 2. The molecule has 120 valence electrons. The molecular weight excluding hydrogens is 318 g/mol. The highest BCUT2D eigenvalue weighted by molar-refractivity contribution is 6.30. The van der Waals surface area contributed by atoms with Gasteiger partial charge in [0.05, 0.1) is 5.69 Å². The number of aromatic nitrogens is 1. The molecule has 1 saturated heterocycles. The summed E-state index contributed by atoms with van der Waals surface area (Å²) in [6.07, 6.45) is 0. The van der Waals surface area contributed by atoms with Crippen LogP contribution in [0.4, 0.5) is 0 Å². The molecule has 6 nitrogen and oxygen atoms in total. The first kappa shape index (κ1) is 15.6. The minimum atomic E-state index is -0.191. The van der Waals surface area contributed by atoms with Crippen LogP contribution in [0.25, 0.3) is 0 Å². The maximum Gasteiger partial charge on any atom is 0.292 e. The third-order valence-electron chi connectivity index (χ3n) is 3.78. The Bertz CT molecular complexity index is 718. The van der Waals surface area contributed by atoms with Crippen LogP contribution in [-0.2, 0) is 0 Å². The number of hydrogen-bond donors (Lipinski definition) is 0. The maximum atomic E-state index is 12.4. The summed E-state index contributed by atoms with van der Waals surface area (Å²) in [6.45, 7) is 3.68.